The number of nitrogens with zero attached hydrogens (tertiary/aromatic N) is 4. The minimum atomic E-state index is -0.154. The first-order valence-electron chi connectivity index (χ1n) is 8.25. The van der Waals surface area contributed by atoms with Gasteiger partial charge in [-0.05, 0) is 38.6 Å². The molecule has 0 unspecified atom stereocenters. The van der Waals surface area contributed by atoms with Crippen LogP contribution in [0.25, 0.3) is 0 Å². The molecule has 6 nitrogen and oxygen atoms in total. The van der Waals surface area contributed by atoms with Crippen LogP contribution in [0.5, 0.6) is 0 Å². The molecule has 134 valence electrons. The molecule has 0 aliphatic carbocycles. The largest absolute Gasteiger partial charge is 0.384 e. The Bertz CT molecular complexity index is 752. The number of carbonyl (C=O) groups is 1. The van der Waals surface area contributed by atoms with Crippen molar-refractivity contribution in [2.24, 2.45) is 0 Å². The molecule has 1 aliphatic heterocycles. The van der Waals surface area contributed by atoms with E-state index in [9.17, 15) is 4.79 Å². The van der Waals surface area contributed by atoms with Crippen LogP contribution in [0.1, 0.15) is 30.0 Å². The van der Waals surface area contributed by atoms with Gasteiger partial charge in [0.15, 0.2) is 0 Å². The van der Waals surface area contributed by atoms with Crippen LogP contribution in [0.3, 0.4) is 0 Å². The number of carbonyl (C=O) groups excluding carboxylic acids is 1. The standard InChI is InChI=1S/C17H22ClN5OS/c1-11(13-3-4-14(18)25-13)17(24)23-8-6-12(9-23)22(2)10-16-20-7-5-15(19)21-16/h3-5,7,11-12H,6,8-10H2,1-2H3,(H2,19,20,21)/t11-,12-/m0/s1. The number of hydrogen-bond donors (Lipinski definition) is 1. The molecule has 0 aromatic carbocycles. The molecule has 0 radical (unpaired) electrons. The quantitative estimate of drug-likeness (QED) is 0.864. The van der Waals surface area contributed by atoms with E-state index >= 15 is 0 Å². The fourth-order valence-electron chi connectivity index (χ4n) is 3.10. The number of hydrogen-bond acceptors (Lipinski definition) is 6. The summed E-state index contributed by atoms with van der Waals surface area (Å²) in [6.07, 6.45) is 2.62. The Labute approximate surface area is 156 Å². The van der Waals surface area contributed by atoms with Crippen LogP contribution in [-0.2, 0) is 11.3 Å². The van der Waals surface area contributed by atoms with Crippen molar-refractivity contribution < 1.29 is 4.79 Å². The van der Waals surface area contributed by atoms with E-state index in [1.807, 2.05) is 31.0 Å². The minimum absolute atomic E-state index is 0.154. The summed E-state index contributed by atoms with van der Waals surface area (Å²) in [4.78, 5) is 26.4. The second kappa shape index (κ2) is 7.68. The molecule has 0 saturated carbocycles. The zero-order valence-corrected chi connectivity index (χ0v) is 15.9. The molecule has 1 aliphatic rings. The third-order valence-corrected chi connectivity index (χ3v) is 6.02. The predicted molar refractivity (Wildman–Crippen MR) is 101 cm³/mol. The average molecular weight is 380 g/mol. The van der Waals surface area contributed by atoms with Gasteiger partial charge in [0.25, 0.3) is 0 Å². The van der Waals surface area contributed by atoms with Crippen LogP contribution in [0.2, 0.25) is 4.34 Å². The second-order valence-electron chi connectivity index (χ2n) is 6.40. The normalized spacial score (nSPS) is 18.7. The van der Waals surface area contributed by atoms with Gasteiger partial charge in [0.2, 0.25) is 5.91 Å². The number of aromatic nitrogens is 2. The smallest absolute Gasteiger partial charge is 0.230 e. The molecule has 3 rings (SSSR count). The highest BCUT2D eigenvalue weighted by atomic mass is 35.5. The Kier molecular flexibility index (Phi) is 5.56. The van der Waals surface area contributed by atoms with Gasteiger partial charge in [-0.15, -0.1) is 11.3 Å². The number of nitrogens with two attached hydrogens (primary N) is 1. The molecule has 0 spiro atoms. The third-order valence-electron chi connectivity index (χ3n) is 4.61. The van der Waals surface area contributed by atoms with Crippen molar-refractivity contribution in [3.05, 3.63) is 39.4 Å². The average Bonchev–Trinajstić information content (AvgIpc) is 3.22. The zero-order chi connectivity index (χ0) is 18.0. The Morgan fingerprint density at radius 1 is 1.52 bits per heavy atom. The van der Waals surface area contributed by atoms with Crippen LogP contribution < -0.4 is 5.73 Å². The van der Waals surface area contributed by atoms with Crippen molar-refractivity contribution in [3.8, 4) is 0 Å². The predicted octanol–water partition coefficient (Wildman–Crippen LogP) is 2.61. The van der Waals surface area contributed by atoms with Crippen LogP contribution in [0.4, 0.5) is 5.82 Å². The lowest BCUT2D eigenvalue weighted by Gasteiger charge is -2.25. The van der Waals surface area contributed by atoms with E-state index in [1.165, 1.54) is 11.3 Å². The topological polar surface area (TPSA) is 75.4 Å². The van der Waals surface area contributed by atoms with Crippen LogP contribution >= 0.6 is 22.9 Å². The third kappa shape index (κ3) is 4.29. The molecule has 8 heteroatoms. The van der Waals surface area contributed by atoms with Crippen LogP contribution in [0, 0.1) is 0 Å². The van der Waals surface area contributed by atoms with Crippen LogP contribution in [0.15, 0.2) is 24.4 Å². The van der Waals surface area contributed by atoms with Gasteiger partial charge in [0.05, 0.1) is 16.8 Å². The first kappa shape index (κ1) is 18.1. The summed E-state index contributed by atoms with van der Waals surface area (Å²) in [7, 11) is 2.04. The van der Waals surface area contributed by atoms with Gasteiger partial charge >= 0.3 is 0 Å². The summed E-state index contributed by atoms with van der Waals surface area (Å²) in [6, 6.07) is 5.76. The van der Waals surface area contributed by atoms with Crippen molar-refractivity contribution in [2.75, 3.05) is 25.9 Å². The maximum Gasteiger partial charge on any atom is 0.230 e. The summed E-state index contributed by atoms with van der Waals surface area (Å²) in [5.41, 5.74) is 5.71. The lowest BCUT2D eigenvalue weighted by atomic mass is 10.1. The molecular formula is C17H22ClN5OS. The van der Waals surface area contributed by atoms with E-state index in [-0.39, 0.29) is 11.8 Å². The molecular weight excluding hydrogens is 358 g/mol. The van der Waals surface area contributed by atoms with Gasteiger partial charge in [-0.3, -0.25) is 9.69 Å². The fourth-order valence-corrected chi connectivity index (χ4v) is 4.21. The summed E-state index contributed by atoms with van der Waals surface area (Å²) in [6.45, 7) is 4.06. The summed E-state index contributed by atoms with van der Waals surface area (Å²) in [5.74, 6) is 1.19. The van der Waals surface area contributed by atoms with E-state index in [0.29, 0.717) is 24.2 Å². The number of halogens is 1. The van der Waals surface area contributed by atoms with Crippen molar-refractivity contribution in [2.45, 2.75) is 31.8 Å². The fraction of sp³-hybridized carbons (Fsp3) is 0.471. The van der Waals surface area contributed by atoms with Crippen molar-refractivity contribution in [3.63, 3.8) is 0 Å². The Morgan fingerprint density at radius 2 is 2.32 bits per heavy atom. The van der Waals surface area contributed by atoms with Gasteiger partial charge in [-0.25, -0.2) is 9.97 Å². The van der Waals surface area contributed by atoms with Crippen LogP contribution in [-0.4, -0.2) is 51.9 Å². The number of likely N-dealkylation sites (N-methyl/N-ethyl adjacent to an activating group) is 1. The number of likely N-dealkylation sites (tertiary alicyclic amines) is 1. The minimum Gasteiger partial charge on any atom is -0.384 e. The SMILES string of the molecule is C[C@H](C(=O)N1CC[C@H](N(C)Cc2nccc(N)n2)C1)c1ccc(Cl)s1. The molecule has 1 saturated heterocycles. The van der Waals surface area contributed by atoms with E-state index in [0.717, 1.165) is 28.7 Å². The molecule has 25 heavy (non-hydrogen) atoms. The van der Waals surface area contributed by atoms with Crippen molar-refractivity contribution >= 4 is 34.7 Å². The molecule has 3 heterocycles. The number of rotatable bonds is 5. The summed E-state index contributed by atoms with van der Waals surface area (Å²) in [5, 5.41) is 0. The Morgan fingerprint density at radius 3 is 3.00 bits per heavy atom. The van der Waals surface area contributed by atoms with E-state index in [2.05, 4.69) is 14.9 Å². The number of nitrogen functional groups attached to an aromatic ring is 1. The Balaban J connectivity index is 1.58. The zero-order valence-electron chi connectivity index (χ0n) is 14.4. The lowest BCUT2D eigenvalue weighted by molar-refractivity contribution is -0.131. The first-order chi connectivity index (χ1) is 11.9. The molecule has 1 fully saturated rings. The van der Waals surface area contributed by atoms with Crippen molar-refractivity contribution in [1.29, 1.82) is 0 Å². The number of thiophene rings is 1. The molecule has 0 bridgehead atoms. The number of amides is 1. The lowest BCUT2D eigenvalue weighted by Crippen LogP contribution is -2.37. The molecule has 2 atom stereocenters. The maximum atomic E-state index is 12.8. The Hall–Kier alpha value is -1.70. The molecule has 1 amide bonds. The maximum absolute atomic E-state index is 12.8. The first-order valence-corrected chi connectivity index (χ1v) is 9.45. The van der Waals surface area contributed by atoms with E-state index in [4.69, 9.17) is 17.3 Å². The summed E-state index contributed by atoms with van der Waals surface area (Å²) < 4.78 is 0.718. The molecule has 2 aromatic heterocycles. The van der Waals surface area contributed by atoms with E-state index < -0.39 is 0 Å². The van der Waals surface area contributed by atoms with Crippen molar-refractivity contribution in [1.82, 2.24) is 19.8 Å². The molecule has 2 aromatic rings. The monoisotopic (exact) mass is 379 g/mol. The highest BCUT2D eigenvalue weighted by Crippen LogP contribution is 2.30. The van der Waals surface area contributed by atoms with Gasteiger partial charge in [-0.1, -0.05) is 11.6 Å². The summed E-state index contributed by atoms with van der Waals surface area (Å²) >= 11 is 7.46. The van der Waals surface area contributed by atoms with Gasteiger partial charge in [-0.2, -0.15) is 0 Å². The van der Waals surface area contributed by atoms with Gasteiger partial charge in [0.1, 0.15) is 11.6 Å². The number of anilines is 1. The molecule has 2 N–H and O–H groups in total. The van der Waals surface area contributed by atoms with Gasteiger partial charge < -0.3 is 10.6 Å². The second-order valence-corrected chi connectivity index (χ2v) is 8.15. The highest BCUT2D eigenvalue weighted by Gasteiger charge is 2.32. The van der Waals surface area contributed by atoms with Gasteiger partial charge in [0, 0.05) is 30.2 Å². The van der Waals surface area contributed by atoms with E-state index in [1.54, 1.807) is 12.3 Å². The highest BCUT2D eigenvalue weighted by molar-refractivity contribution is 7.16.